The number of nitrogens with one attached hydrogen (secondary N) is 1. The van der Waals surface area contributed by atoms with Gasteiger partial charge in [-0.1, -0.05) is 6.58 Å². The molecule has 1 N–H and O–H groups in total. The van der Waals surface area contributed by atoms with Gasteiger partial charge >= 0.3 is 0 Å². The molecule has 1 heterocycles. The van der Waals surface area contributed by atoms with Gasteiger partial charge in [0.05, 0.1) is 6.61 Å². The van der Waals surface area contributed by atoms with Crippen molar-refractivity contribution in [3.05, 3.63) is 36.2 Å². The molecule has 15 heavy (non-hydrogen) atoms. The number of hydrogen-bond acceptors (Lipinski definition) is 3. The number of hydrogen-bond donors (Lipinski definition) is 1. The van der Waals surface area contributed by atoms with Gasteiger partial charge in [-0.3, -0.25) is 4.98 Å². The molecule has 0 fully saturated rings. The fraction of sp³-hybridized carbons (Fsp3) is 0.417. The highest BCUT2D eigenvalue weighted by Gasteiger charge is 2.05. The lowest BCUT2D eigenvalue weighted by Gasteiger charge is -2.10. The highest BCUT2D eigenvalue weighted by molar-refractivity contribution is 5.65. The molecule has 0 bridgehead atoms. The molecule has 0 radical (unpaired) electrons. The molecule has 1 aromatic rings. The summed E-state index contributed by atoms with van der Waals surface area (Å²) in [7, 11) is 3.63. The van der Waals surface area contributed by atoms with Crippen molar-refractivity contribution in [1.82, 2.24) is 10.3 Å². The Morgan fingerprint density at radius 3 is 3.07 bits per heavy atom. The van der Waals surface area contributed by atoms with E-state index in [2.05, 4.69) is 16.9 Å². The summed E-state index contributed by atoms with van der Waals surface area (Å²) in [6.45, 7) is 5.61. The van der Waals surface area contributed by atoms with Crippen LogP contribution in [0.3, 0.4) is 0 Å². The van der Waals surface area contributed by atoms with Gasteiger partial charge in [-0.2, -0.15) is 0 Å². The molecule has 0 unspecified atom stereocenters. The minimum absolute atomic E-state index is 0.585. The number of pyridine rings is 1. The maximum absolute atomic E-state index is 5.13. The van der Waals surface area contributed by atoms with Crippen LogP contribution < -0.4 is 5.32 Å². The van der Waals surface area contributed by atoms with Crippen molar-refractivity contribution in [2.24, 2.45) is 0 Å². The summed E-state index contributed by atoms with van der Waals surface area (Å²) >= 11 is 0. The fourth-order valence-corrected chi connectivity index (χ4v) is 1.45. The van der Waals surface area contributed by atoms with Gasteiger partial charge in [-0.25, -0.2) is 0 Å². The summed E-state index contributed by atoms with van der Waals surface area (Å²) < 4.78 is 5.13. The highest BCUT2D eigenvalue weighted by Crippen LogP contribution is 2.19. The predicted octanol–water partition coefficient (Wildman–Crippen LogP) is 1.85. The number of rotatable bonds is 6. The maximum Gasteiger partial charge on any atom is 0.0734 e. The molecule has 0 amide bonds. The largest absolute Gasteiger partial charge is 0.380 e. The molecule has 0 aliphatic heterocycles. The van der Waals surface area contributed by atoms with Gasteiger partial charge in [-0.15, -0.1) is 0 Å². The standard InChI is InChI=1S/C12H18N2O/c1-10(4-6-13-2)12-5-7-14-8-11(12)9-15-3/h5,7-8,13H,1,4,6,9H2,2-3H3. The molecule has 1 aromatic heterocycles. The van der Waals surface area contributed by atoms with Gasteiger partial charge < -0.3 is 10.1 Å². The van der Waals surface area contributed by atoms with E-state index in [-0.39, 0.29) is 0 Å². The first kappa shape index (κ1) is 11.9. The second-order valence-corrected chi connectivity index (χ2v) is 3.42. The van der Waals surface area contributed by atoms with Gasteiger partial charge in [0, 0.05) is 25.1 Å². The SMILES string of the molecule is C=C(CCNC)c1ccncc1COC. The van der Waals surface area contributed by atoms with Crippen molar-refractivity contribution in [3.63, 3.8) is 0 Å². The molecule has 0 atom stereocenters. The topological polar surface area (TPSA) is 34.2 Å². The third-order valence-corrected chi connectivity index (χ3v) is 2.26. The zero-order valence-electron chi connectivity index (χ0n) is 9.42. The molecule has 0 saturated carbocycles. The average molecular weight is 206 g/mol. The molecule has 3 nitrogen and oxygen atoms in total. The quantitative estimate of drug-likeness (QED) is 0.771. The maximum atomic E-state index is 5.13. The zero-order valence-corrected chi connectivity index (χ0v) is 9.42. The lowest BCUT2D eigenvalue weighted by atomic mass is 10.0. The van der Waals surface area contributed by atoms with Gasteiger partial charge in [0.2, 0.25) is 0 Å². The molecule has 0 aliphatic carbocycles. The third-order valence-electron chi connectivity index (χ3n) is 2.26. The van der Waals surface area contributed by atoms with Gasteiger partial charge in [-0.05, 0) is 37.2 Å². The summed E-state index contributed by atoms with van der Waals surface area (Å²) in [5.74, 6) is 0. The van der Waals surface area contributed by atoms with Crippen molar-refractivity contribution < 1.29 is 4.74 Å². The van der Waals surface area contributed by atoms with Gasteiger partial charge in [0.15, 0.2) is 0 Å². The summed E-state index contributed by atoms with van der Waals surface area (Å²) in [4.78, 5) is 4.09. The summed E-state index contributed by atoms with van der Waals surface area (Å²) in [6.07, 6.45) is 4.57. The van der Waals surface area contributed by atoms with E-state index >= 15 is 0 Å². The van der Waals surface area contributed by atoms with Crippen molar-refractivity contribution >= 4 is 5.57 Å². The van der Waals surface area contributed by atoms with E-state index in [4.69, 9.17) is 4.74 Å². The fourth-order valence-electron chi connectivity index (χ4n) is 1.45. The Morgan fingerprint density at radius 1 is 1.60 bits per heavy atom. The van der Waals surface area contributed by atoms with Crippen LogP contribution in [0.15, 0.2) is 25.0 Å². The Morgan fingerprint density at radius 2 is 2.40 bits per heavy atom. The average Bonchev–Trinajstić information content (AvgIpc) is 2.27. The monoisotopic (exact) mass is 206 g/mol. The first-order valence-electron chi connectivity index (χ1n) is 5.04. The first-order valence-corrected chi connectivity index (χ1v) is 5.04. The normalized spacial score (nSPS) is 10.3. The first-order chi connectivity index (χ1) is 7.29. The van der Waals surface area contributed by atoms with E-state index in [0.717, 1.165) is 29.7 Å². The van der Waals surface area contributed by atoms with E-state index in [1.54, 1.807) is 13.3 Å². The van der Waals surface area contributed by atoms with Crippen LogP contribution in [0.25, 0.3) is 5.57 Å². The lowest BCUT2D eigenvalue weighted by Crippen LogP contribution is -2.08. The Hall–Kier alpha value is -1.19. The van der Waals surface area contributed by atoms with Crippen LogP contribution >= 0.6 is 0 Å². The minimum Gasteiger partial charge on any atom is -0.380 e. The predicted molar refractivity (Wildman–Crippen MR) is 62.5 cm³/mol. The number of aromatic nitrogens is 1. The van der Waals surface area contributed by atoms with Crippen molar-refractivity contribution in [2.45, 2.75) is 13.0 Å². The molecule has 3 heteroatoms. The van der Waals surface area contributed by atoms with Crippen LogP contribution in [-0.2, 0) is 11.3 Å². The van der Waals surface area contributed by atoms with Crippen molar-refractivity contribution in [3.8, 4) is 0 Å². The number of methoxy groups -OCH3 is 1. The van der Waals surface area contributed by atoms with E-state index < -0.39 is 0 Å². The van der Waals surface area contributed by atoms with E-state index in [0.29, 0.717) is 6.61 Å². The minimum atomic E-state index is 0.585. The van der Waals surface area contributed by atoms with Crippen LogP contribution in [0.4, 0.5) is 0 Å². The van der Waals surface area contributed by atoms with Crippen LogP contribution in [0, 0.1) is 0 Å². The Kier molecular flexibility index (Phi) is 5.01. The second kappa shape index (κ2) is 6.32. The van der Waals surface area contributed by atoms with Gasteiger partial charge in [0.1, 0.15) is 0 Å². The highest BCUT2D eigenvalue weighted by atomic mass is 16.5. The molecule has 1 rings (SSSR count). The summed E-state index contributed by atoms with van der Waals surface area (Å²) in [6, 6.07) is 1.99. The molecular formula is C12H18N2O. The smallest absolute Gasteiger partial charge is 0.0734 e. The Bertz CT molecular complexity index is 323. The van der Waals surface area contributed by atoms with Crippen LogP contribution in [0.5, 0.6) is 0 Å². The summed E-state index contributed by atoms with van der Waals surface area (Å²) in [5, 5.41) is 3.11. The molecule has 0 aliphatic rings. The second-order valence-electron chi connectivity index (χ2n) is 3.42. The lowest BCUT2D eigenvalue weighted by molar-refractivity contribution is 0.184. The van der Waals surface area contributed by atoms with E-state index in [9.17, 15) is 0 Å². The van der Waals surface area contributed by atoms with Gasteiger partial charge in [0.25, 0.3) is 0 Å². The zero-order chi connectivity index (χ0) is 11.1. The van der Waals surface area contributed by atoms with Crippen molar-refractivity contribution in [2.75, 3.05) is 20.7 Å². The van der Waals surface area contributed by atoms with E-state index in [1.165, 1.54) is 0 Å². The molecule has 82 valence electrons. The van der Waals surface area contributed by atoms with Crippen molar-refractivity contribution in [1.29, 1.82) is 0 Å². The number of ether oxygens (including phenoxy) is 1. The van der Waals surface area contributed by atoms with E-state index in [1.807, 2.05) is 19.3 Å². The van der Waals surface area contributed by atoms with Crippen LogP contribution in [-0.4, -0.2) is 25.7 Å². The molecule has 0 spiro atoms. The van der Waals surface area contributed by atoms with Crippen LogP contribution in [0.2, 0.25) is 0 Å². The summed E-state index contributed by atoms with van der Waals surface area (Å²) in [5.41, 5.74) is 3.38. The number of nitrogens with zero attached hydrogens (tertiary/aromatic N) is 1. The Labute approximate surface area is 91.2 Å². The molecular weight excluding hydrogens is 188 g/mol. The Balaban J connectivity index is 2.77. The van der Waals surface area contributed by atoms with Crippen LogP contribution in [0.1, 0.15) is 17.5 Å². The third kappa shape index (κ3) is 3.46. The molecule has 0 saturated heterocycles. The molecule has 0 aromatic carbocycles.